The van der Waals surface area contributed by atoms with Crippen LogP contribution in [0.1, 0.15) is 18.7 Å². The summed E-state index contributed by atoms with van der Waals surface area (Å²) in [5.41, 5.74) is 2.00. The zero-order chi connectivity index (χ0) is 11.1. The first-order valence-electron chi connectivity index (χ1n) is 5.59. The maximum absolute atomic E-state index is 6.17. The molecule has 0 spiro atoms. The summed E-state index contributed by atoms with van der Waals surface area (Å²) >= 11 is 6.17. The third-order valence-corrected chi connectivity index (χ3v) is 3.37. The fourth-order valence-electron chi connectivity index (χ4n) is 1.95. The molecule has 3 nitrogen and oxygen atoms in total. The Morgan fingerprint density at radius 3 is 3.00 bits per heavy atom. The van der Waals surface area contributed by atoms with Crippen LogP contribution in [-0.4, -0.2) is 15.6 Å². The molecule has 0 saturated heterocycles. The number of imidazole rings is 1. The van der Waals surface area contributed by atoms with Gasteiger partial charge in [0.1, 0.15) is 5.82 Å². The quantitative estimate of drug-likeness (QED) is 0.886. The smallest absolute Gasteiger partial charge is 0.123 e. The summed E-state index contributed by atoms with van der Waals surface area (Å²) in [6.07, 6.45) is 2.59. The van der Waals surface area contributed by atoms with E-state index in [0.29, 0.717) is 6.04 Å². The van der Waals surface area contributed by atoms with Crippen LogP contribution in [0.15, 0.2) is 18.2 Å². The number of aromatic nitrogens is 2. The molecule has 0 radical (unpaired) electrons. The van der Waals surface area contributed by atoms with E-state index in [4.69, 9.17) is 11.6 Å². The lowest BCUT2D eigenvalue weighted by atomic mass is 10.3. The van der Waals surface area contributed by atoms with Gasteiger partial charge in [0.2, 0.25) is 0 Å². The molecule has 0 amide bonds. The van der Waals surface area contributed by atoms with Crippen molar-refractivity contribution >= 4 is 22.6 Å². The third kappa shape index (κ3) is 1.70. The van der Waals surface area contributed by atoms with Gasteiger partial charge in [-0.05, 0) is 25.0 Å². The van der Waals surface area contributed by atoms with Gasteiger partial charge in [-0.2, -0.15) is 0 Å². The monoisotopic (exact) mass is 235 g/mol. The van der Waals surface area contributed by atoms with Crippen LogP contribution in [0.25, 0.3) is 11.0 Å². The predicted molar refractivity (Wildman–Crippen MR) is 65.6 cm³/mol. The normalized spacial score (nSPS) is 15.9. The average molecular weight is 236 g/mol. The number of hydrogen-bond acceptors (Lipinski definition) is 2. The minimum absolute atomic E-state index is 0.704. The van der Waals surface area contributed by atoms with Crippen LogP contribution in [0.3, 0.4) is 0 Å². The number of benzene rings is 1. The van der Waals surface area contributed by atoms with Gasteiger partial charge in [-0.25, -0.2) is 4.98 Å². The SMILES string of the molecule is Cn1c(CNC2CC2)nc2cccc(Cl)c21. The lowest BCUT2D eigenvalue weighted by Gasteiger charge is -2.03. The van der Waals surface area contributed by atoms with E-state index < -0.39 is 0 Å². The predicted octanol–water partition coefficient (Wildman–Crippen LogP) is 2.48. The Morgan fingerprint density at radius 2 is 2.31 bits per heavy atom. The van der Waals surface area contributed by atoms with Crippen LogP contribution in [0.2, 0.25) is 5.02 Å². The van der Waals surface area contributed by atoms with Crippen molar-refractivity contribution in [2.24, 2.45) is 7.05 Å². The molecule has 0 atom stereocenters. The number of fused-ring (bicyclic) bond motifs is 1. The number of aryl methyl sites for hydroxylation is 1. The molecule has 0 bridgehead atoms. The Kier molecular flexibility index (Phi) is 2.37. The van der Waals surface area contributed by atoms with E-state index in [-0.39, 0.29) is 0 Å². The summed E-state index contributed by atoms with van der Waals surface area (Å²) in [4.78, 5) is 4.59. The van der Waals surface area contributed by atoms with Crippen molar-refractivity contribution in [1.29, 1.82) is 0 Å². The lowest BCUT2D eigenvalue weighted by Crippen LogP contribution is -2.18. The molecule has 1 aliphatic rings. The van der Waals surface area contributed by atoms with E-state index in [1.54, 1.807) is 0 Å². The molecule has 1 saturated carbocycles. The lowest BCUT2D eigenvalue weighted by molar-refractivity contribution is 0.639. The topological polar surface area (TPSA) is 29.9 Å². The largest absolute Gasteiger partial charge is 0.329 e. The number of hydrogen-bond donors (Lipinski definition) is 1. The van der Waals surface area contributed by atoms with Crippen LogP contribution in [0.4, 0.5) is 0 Å². The molecule has 1 aliphatic carbocycles. The third-order valence-electron chi connectivity index (χ3n) is 3.06. The molecule has 1 aromatic carbocycles. The highest BCUT2D eigenvalue weighted by molar-refractivity contribution is 6.35. The molecule has 84 valence electrons. The molecule has 3 rings (SSSR count). The molecule has 16 heavy (non-hydrogen) atoms. The molecular weight excluding hydrogens is 222 g/mol. The molecule has 0 unspecified atom stereocenters. The molecular formula is C12H14ClN3. The van der Waals surface area contributed by atoms with Crippen molar-refractivity contribution in [3.63, 3.8) is 0 Å². The molecule has 1 N–H and O–H groups in total. The van der Waals surface area contributed by atoms with E-state index in [1.807, 2.05) is 25.2 Å². The van der Waals surface area contributed by atoms with E-state index >= 15 is 0 Å². The van der Waals surface area contributed by atoms with Crippen molar-refractivity contribution in [1.82, 2.24) is 14.9 Å². The maximum atomic E-state index is 6.17. The minimum Gasteiger partial charge on any atom is -0.329 e. The fraction of sp³-hybridized carbons (Fsp3) is 0.417. The van der Waals surface area contributed by atoms with Crippen molar-refractivity contribution in [2.45, 2.75) is 25.4 Å². The van der Waals surface area contributed by atoms with E-state index in [9.17, 15) is 0 Å². The fourth-order valence-corrected chi connectivity index (χ4v) is 2.25. The van der Waals surface area contributed by atoms with Gasteiger partial charge in [0.05, 0.1) is 22.6 Å². The molecule has 1 heterocycles. The van der Waals surface area contributed by atoms with Gasteiger partial charge in [-0.15, -0.1) is 0 Å². The van der Waals surface area contributed by atoms with Gasteiger partial charge in [0.15, 0.2) is 0 Å². The second kappa shape index (κ2) is 3.75. The Balaban J connectivity index is 1.98. The van der Waals surface area contributed by atoms with Crippen molar-refractivity contribution in [3.05, 3.63) is 29.0 Å². The highest BCUT2D eigenvalue weighted by Gasteiger charge is 2.21. The Hall–Kier alpha value is -1.06. The second-order valence-electron chi connectivity index (χ2n) is 4.35. The Morgan fingerprint density at radius 1 is 1.50 bits per heavy atom. The van der Waals surface area contributed by atoms with Gasteiger partial charge >= 0.3 is 0 Å². The number of nitrogens with one attached hydrogen (secondary N) is 1. The highest BCUT2D eigenvalue weighted by atomic mass is 35.5. The summed E-state index contributed by atoms with van der Waals surface area (Å²) in [6.45, 7) is 0.826. The zero-order valence-electron chi connectivity index (χ0n) is 9.20. The maximum Gasteiger partial charge on any atom is 0.123 e. The van der Waals surface area contributed by atoms with Gasteiger partial charge in [0, 0.05) is 13.1 Å². The zero-order valence-corrected chi connectivity index (χ0v) is 9.96. The van der Waals surface area contributed by atoms with Gasteiger partial charge in [-0.1, -0.05) is 17.7 Å². The Bertz CT molecular complexity index is 528. The number of halogens is 1. The van der Waals surface area contributed by atoms with Gasteiger partial charge < -0.3 is 9.88 Å². The number of rotatable bonds is 3. The molecule has 1 fully saturated rings. The van der Waals surface area contributed by atoms with E-state index in [0.717, 1.165) is 28.4 Å². The van der Waals surface area contributed by atoms with E-state index in [1.165, 1.54) is 12.8 Å². The van der Waals surface area contributed by atoms with Crippen molar-refractivity contribution < 1.29 is 0 Å². The summed E-state index contributed by atoms with van der Waals surface area (Å²) in [7, 11) is 2.02. The molecule has 1 aromatic heterocycles. The summed E-state index contributed by atoms with van der Waals surface area (Å²) in [5, 5.41) is 4.24. The molecule has 4 heteroatoms. The van der Waals surface area contributed by atoms with Crippen LogP contribution >= 0.6 is 11.6 Å². The summed E-state index contributed by atoms with van der Waals surface area (Å²) in [6, 6.07) is 6.55. The standard InChI is InChI=1S/C12H14ClN3/c1-16-11(7-14-8-5-6-8)15-10-4-2-3-9(13)12(10)16/h2-4,8,14H,5-7H2,1H3. The van der Waals surface area contributed by atoms with Crippen LogP contribution in [0.5, 0.6) is 0 Å². The van der Waals surface area contributed by atoms with Crippen LogP contribution < -0.4 is 5.32 Å². The minimum atomic E-state index is 0.704. The van der Waals surface area contributed by atoms with Crippen molar-refractivity contribution in [3.8, 4) is 0 Å². The van der Waals surface area contributed by atoms with Gasteiger partial charge in [0.25, 0.3) is 0 Å². The first kappa shape index (κ1) is 10.1. The van der Waals surface area contributed by atoms with Crippen molar-refractivity contribution in [2.75, 3.05) is 0 Å². The van der Waals surface area contributed by atoms with Crippen LogP contribution in [0, 0.1) is 0 Å². The Labute approximate surface area is 99.4 Å². The summed E-state index contributed by atoms with van der Waals surface area (Å²) in [5.74, 6) is 1.05. The molecule has 2 aromatic rings. The second-order valence-corrected chi connectivity index (χ2v) is 4.76. The van der Waals surface area contributed by atoms with Crippen LogP contribution in [-0.2, 0) is 13.6 Å². The molecule has 0 aliphatic heterocycles. The average Bonchev–Trinajstić information content (AvgIpc) is 3.02. The number of nitrogens with zero attached hydrogens (tertiary/aromatic N) is 2. The first-order chi connectivity index (χ1) is 7.75. The van der Waals surface area contributed by atoms with E-state index in [2.05, 4.69) is 14.9 Å². The summed E-state index contributed by atoms with van der Waals surface area (Å²) < 4.78 is 2.08. The first-order valence-corrected chi connectivity index (χ1v) is 5.96. The number of para-hydroxylation sites is 1. The highest BCUT2D eigenvalue weighted by Crippen LogP contribution is 2.24. The van der Waals surface area contributed by atoms with Gasteiger partial charge in [-0.3, -0.25) is 0 Å².